The van der Waals surface area contributed by atoms with E-state index in [1.807, 2.05) is 36.4 Å². The first-order chi connectivity index (χ1) is 6.68. The predicted octanol–water partition coefficient (Wildman–Crippen LogP) is 3.74. The van der Waals surface area contributed by atoms with E-state index in [-0.39, 0.29) is 5.12 Å². The zero-order chi connectivity index (χ0) is 10.4. The lowest BCUT2D eigenvalue weighted by Gasteiger charge is -1.94. The zero-order valence-corrected chi connectivity index (χ0v) is 10.3. The van der Waals surface area contributed by atoms with Gasteiger partial charge in [0.05, 0.1) is 0 Å². The molecule has 0 aromatic heterocycles. The number of halogens is 1. The Labute approximate surface area is 96.7 Å². The lowest BCUT2D eigenvalue weighted by molar-refractivity contribution is -0.109. The highest BCUT2D eigenvalue weighted by Gasteiger charge is 1.90. The SMILES string of the molecule is CC(=O)SCC=Cc1cccc(Br)c1. The van der Waals surface area contributed by atoms with Crippen molar-refractivity contribution in [3.05, 3.63) is 40.4 Å². The lowest BCUT2D eigenvalue weighted by Crippen LogP contribution is -1.81. The van der Waals surface area contributed by atoms with E-state index in [0.29, 0.717) is 0 Å². The molecule has 1 nitrogen and oxygen atoms in total. The summed E-state index contributed by atoms with van der Waals surface area (Å²) in [5, 5.41) is 0.156. The molecule has 0 atom stereocenters. The van der Waals surface area contributed by atoms with Gasteiger partial charge in [-0.3, -0.25) is 4.79 Å². The van der Waals surface area contributed by atoms with Crippen molar-refractivity contribution < 1.29 is 4.79 Å². The van der Waals surface area contributed by atoms with Crippen LogP contribution in [-0.2, 0) is 4.79 Å². The summed E-state index contributed by atoms with van der Waals surface area (Å²) in [4.78, 5) is 10.6. The number of hydrogen-bond donors (Lipinski definition) is 0. The summed E-state index contributed by atoms with van der Waals surface area (Å²) >= 11 is 4.72. The molecule has 0 aliphatic rings. The van der Waals surface area contributed by atoms with Gasteiger partial charge in [-0.2, -0.15) is 0 Å². The van der Waals surface area contributed by atoms with Crippen LogP contribution in [0, 0.1) is 0 Å². The van der Waals surface area contributed by atoms with Gasteiger partial charge in [-0.15, -0.1) is 0 Å². The lowest BCUT2D eigenvalue weighted by atomic mass is 10.2. The molecule has 0 aliphatic carbocycles. The normalized spacial score (nSPS) is 10.7. The Morgan fingerprint density at radius 3 is 3.00 bits per heavy atom. The van der Waals surface area contributed by atoms with Crippen LogP contribution in [0.2, 0.25) is 0 Å². The fraction of sp³-hybridized carbons (Fsp3) is 0.182. The number of carbonyl (C=O) groups excluding carboxylic acids is 1. The van der Waals surface area contributed by atoms with E-state index < -0.39 is 0 Å². The molecule has 0 N–H and O–H groups in total. The van der Waals surface area contributed by atoms with Crippen molar-refractivity contribution in [2.45, 2.75) is 6.92 Å². The van der Waals surface area contributed by atoms with Crippen molar-refractivity contribution in [3.8, 4) is 0 Å². The maximum absolute atomic E-state index is 10.6. The van der Waals surface area contributed by atoms with Gasteiger partial charge in [0.15, 0.2) is 5.12 Å². The Bertz CT molecular complexity index is 347. The molecule has 1 rings (SSSR count). The van der Waals surface area contributed by atoms with Gasteiger partial charge in [0.25, 0.3) is 0 Å². The maximum atomic E-state index is 10.6. The first-order valence-corrected chi connectivity index (χ1v) is 6.02. The molecule has 14 heavy (non-hydrogen) atoms. The number of thioether (sulfide) groups is 1. The smallest absolute Gasteiger partial charge is 0.186 e. The standard InChI is InChI=1S/C11H11BrOS/c1-9(13)14-7-3-5-10-4-2-6-11(12)8-10/h2-6,8H,7H2,1H3. The molecule has 0 fully saturated rings. The Kier molecular flexibility index (Phi) is 4.98. The number of hydrogen-bond acceptors (Lipinski definition) is 2. The van der Waals surface area contributed by atoms with E-state index in [0.717, 1.165) is 15.8 Å². The molecule has 74 valence electrons. The average Bonchev–Trinajstić information content (AvgIpc) is 2.12. The summed E-state index contributed by atoms with van der Waals surface area (Å²) in [5.74, 6) is 0.738. The summed E-state index contributed by atoms with van der Waals surface area (Å²) in [5.41, 5.74) is 1.14. The molecular formula is C11H11BrOS. The van der Waals surface area contributed by atoms with Crippen LogP contribution in [0.25, 0.3) is 6.08 Å². The van der Waals surface area contributed by atoms with Crippen molar-refractivity contribution in [1.29, 1.82) is 0 Å². The minimum absolute atomic E-state index is 0.156. The van der Waals surface area contributed by atoms with Crippen LogP contribution in [-0.4, -0.2) is 10.9 Å². The minimum Gasteiger partial charge on any atom is -0.288 e. The summed E-state index contributed by atoms with van der Waals surface area (Å²) in [7, 11) is 0. The molecular weight excluding hydrogens is 260 g/mol. The molecule has 0 unspecified atom stereocenters. The van der Waals surface area contributed by atoms with Gasteiger partial charge >= 0.3 is 0 Å². The van der Waals surface area contributed by atoms with Gasteiger partial charge < -0.3 is 0 Å². The van der Waals surface area contributed by atoms with Crippen LogP contribution in [0.3, 0.4) is 0 Å². The van der Waals surface area contributed by atoms with Crippen molar-refractivity contribution in [3.63, 3.8) is 0 Å². The molecule has 1 aromatic carbocycles. The predicted molar refractivity (Wildman–Crippen MR) is 66.3 cm³/mol. The number of benzene rings is 1. The molecule has 0 radical (unpaired) electrons. The molecule has 0 heterocycles. The van der Waals surface area contributed by atoms with Crippen molar-refractivity contribution >= 4 is 38.9 Å². The molecule has 0 saturated carbocycles. The van der Waals surface area contributed by atoms with E-state index in [9.17, 15) is 4.79 Å². The van der Waals surface area contributed by atoms with Crippen LogP contribution in [0.15, 0.2) is 34.8 Å². The van der Waals surface area contributed by atoms with E-state index in [4.69, 9.17) is 0 Å². The Morgan fingerprint density at radius 1 is 1.57 bits per heavy atom. The highest BCUT2D eigenvalue weighted by Crippen LogP contribution is 2.13. The Balaban J connectivity index is 2.47. The van der Waals surface area contributed by atoms with Gasteiger partial charge in [0, 0.05) is 17.1 Å². The molecule has 3 heteroatoms. The van der Waals surface area contributed by atoms with Crippen LogP contribution in [0.1, 0.15) is 12.5 Å². The van der Waals surface area contributed by atoms with Gasteiger partial charge in [-0.05, 0) is 17.7 Å². The molecule has 0 saturated heterocycles. The molecule has 0 bridgehead atoms. The maximum Gasteiger partial charge on any atom is 0.186 e. The van der Waals surface area contributed by atoms with E-state index in [1.165, 1.54) is 11.8 Å². The highest BCUT2D eigenvalue weighted by molar-refractivity contribution is 9.10. The minimum atomic E-state index is 0.156. The quantitative estimate of drug-likeness (QED) is 0.833. The topological polar surface area (TPSA) is 17.1 Å². The third-order valence-corrected chi connectivity index (χ3v) is 2.80. The first kappa shape index (κ1) is 11.5. The van der Waals surface area contributed by atoms with E-state index >= 15 is 0 Å². The van der Waals surface area contributed by atoms with Crippen LogP contribution >= 0.6 is 27.7 Å². The summed E-state index contributed by atoms with van der Waals surface area (Å²) in [6.45, 7) is 1.58. The Hall–Kier alpha value is -0.540. The Morgan fingerprint density at radius 2 is 2.36 bits per heavy atom. The van der Waals surface area contributed by atoms with Crippen molar-refractivity contribution in [2.75, 3.05) is 5.75 Å². The van der Waals surface area contributed by atoms with Gasteiger partial charge in [0.2, 0.25) is 0 Å². The monoisotopic (exact) mass is 270 g/mol. The van der Waals surface area contributed by atoms with Crippen LogP contribution in [0.4, 0.5) is 0 Å². The second kappa shape index (κ2) is 6.04. The molecule has 0 aliphatic heterocycles. The third-order valence-electron chi connectivity index (χ3n) is 1.54. The third kappa shape index (κ3) is 4.63. The van der Waals surface area contributed by atoms with Gasteiger partial charge in [-0.25, -0.2) is 0 Å². The first-order valence-electron chi connectivity index (χ1n) is 4.24. The largest absolute Gasteiger partial charge is 0.288 e. The van der Waals surface area contributed by atoms with Gasteiger partial charge in [-0.1, -0.05) is 52.0 Å². The van der Waals surface area contributed by atoms with Gasteiger partial charge in [0.1, 0.15) is 0 Å². The number of rotatable bonds is 3. The zero-order valence-electron chi connectivity index (χ0n) is 7.87. The molecule has 0 amide bonds. The van der Waals surface area contributed by atoms with E-state index in [1.54, 1.807) is 6.92 Å². The van der Waals surface area contributed by atoms with Crippen molar-refractivity contribution in [2.24, 2.45) is 0 Å². The van der Waals surface area contributed by atoms with E-state index in [2.05, 4.69) is 15.9 Å². The fourth-order valence-corrected chi connectivity index (χ4v) is 1.80. The second-order valence-corrected chi connectivity index (χ2v) is 4.87. The van der Waals surface area contributed by atoms with Crippen molar-refractivity contribution in [1.82, 2.24) is 0 Å². The highest BCUT2D eigenvalue weighted by atomic mass is 79.9. The second-order valence-electron chi connectivity index (χ2n) is 2.76. The molecule has 0 spiro atoms. The number of carbonyl (C=O) groups is 1. The summed E-state index contributed by atoms with van der Waals surface area (Å²) in [6.07, 6.45) is 4.01. The summed E-state index contributed by atoms with van der Waals surface area (Å²) < 4.78 is 1.07. The summed E-state index contributed by atoms with van der Waals surface area (Å²) in [6, 6.07) is 8.04. The fourth-order valence-electron chi connectivity index (χ4n) is 0.960. The molecule has 1 aromatic rings. The van der Waals surface area contributed by atoms with Crippen LogP contribution < -0.4 is 0 Å². The van der Waals surface area contributed by atoms with Crippen LogP contribution in [0.5, 0.6) is 0 Å². The average molecular weight is 271 g/mol.